The SMILES string of the molecule is CCNCC1(C)CC2=CC[C@]3(C2)C(C)C3C1. The second-order valence-corrected chi connectivity index (χ2v) is 6.84. The van der Waals surface area contributed by atoms with Crippen molar-refractivity contribution in [2.24, 2.45) is 22.7 Å². The predicted octanol–water partition coefficient (Wildman–Crippen LogP) is 3.37. The Labute approximate surface area is 99.7 Å². The molecule has 0 radical (unpaired) electrons. The van der Waals surface area contributed by atoms with Gasteiger partial charge in [-0.25, -0.2) is 0 Å². The maximum Gasteiger partial charge on any atom is 0.000822 e. The molecule has 1 spiro atoms. The van der Waals surface area contributed by atoms with E-state index >= 15 is 0 Å². The van der Waals surface area contributed by atoms with E-state index in [9.17, 15) is 0 Å². The molecule has 1 N–H and O–H groups in total. The van der Waals surface area contributed by atoms with Crippen molar-refractivity contribution < 1.29 is 0 Å². The molecule has 3 aliphatic rings. The first kappa shape index (κ1) is 10.8. The fourth-order valence-electron chi connectivity index (χ4n) is 4.56. The van der Waals surface area contributed by atoms with Crippen LogP contribution in [0.2, 0.25) is 0 Å². The molecule has 0 heterocycles. The van der Waals surface area contributed by atoms with Gasteiger partial charge in [0, 0.05) is 6.54 Å². The highest BCUT2D eigenvalue weighted by molar-refractivity contribution is 5.29. The van der Waals surface area contributed by atoms with E-state index in [-0.39, 0.29) is 0 Å². The Morgan fingerprint density at radius 3 is 3.00 bits per heavy atom. The van der Waals surface area contributed by atoms with Crippen LogP contribution in [0.4, 0.5) is 0 Å². The maximum absolute atomic E-state index is 3.57. The zero-order chi connectivity index (χ0) is 11.4. The first-order chi connectivity index (χ1) is 7.60. The quantitative estimate of drug-likeness (QED) is 0.718. The summed E-state index contributed by atoms with van der Waals surface area (Å²) < 4.78 is 0. The second-order valence-electron chi connectivity index (χ2n) is 6.84. The Kier molecular flexibility index (Phi) is 2.27. The van der Waals surface area contributed by atoms with E-state index in [1.165, 1.54) is 32.2 Å². The molecule has 2 bridgehead atoms. The Morgan fingerprint density at radius 1 is 1.44 bits per heavy atom. The van der Waals surface area contributed by atoms with E-state index in [1.54, 1.807) is 5.57 Å². The lowest BCUT2D eigenvalue weighted by molar-refractivity contribution is 0.258. The van der Waals surface area contributed by atoms with Gasteiger partial charge in [0.15, 0.2) is 0 Å². The van der Waals surface area contributed by atoms with Crippen LogP contribution in [0, 0.1) is 22.7 Å². The van der Waals surface area contributed by atoms with E-state index in [0.29, 0.717) is 5.41 Å². The molecule has 1 heteroatoms. The van der Waals surface area contributed by atoms with Crippen molar-refractivity contribution >= 4 is 0 Å². The molecule has 1 nitrogen and oxygen atoms in total. The maximum atomic E-state index is 3.57. The molecule has 0 amide bonds. The summed E-state index contributed by atoms with van der Waals surface area (Å²) in [5, 5.41) is 3.57. The molecule has 16 heavy (non-hydrogen) atoms. The Hall–Kier alpha value is -0.300. The van der Waals surface area contributed by atoms with Crippen LogP contribution in [0.1, 0.15) is 46.5 Å². The van der Waals surface area contributed by atoms with Gasteiger partial charge in [-0.15, -0.1) is 0 Å². The zero-order valence-electron chi connectivity index (χ0n) is 11.0. The first-order valence-electron chi connectivity index (χ1n) is 6.98. The molecule has 0 aliphatic heterocycles. The van der Waals surface area contributed by atoms with Gasteiger partial charge in [0.1, 0.15) is 0 Å². The lowest BCUT2D eigenvalue weighted by Gasteiger charge is -2.30. The second kappa shape index (κ2) is 3.35. The molecule has 0 aromatic carbocycles. The smallest absolute Gasteiger partial charge is 0.000822 e. The van der Waals surface area contributed by atoms with Crippen LogP contribution in [-0.4, -0.2) is 13.1 Å². The van der Waals surface area contributed by atoms with Crippen LogP contribution < -0.4 is 5.32 Å². The molecule has 3 aliphatic carbocycles. The molecular weight excluding hydrogens is 194 g/mol. The van der Waals surface area contributed by atoms with Crippen LogP contribution in [0.25, 0.3) is 0 Å². The minimum absolute atomic E-state index is 0.527. The molecule has 0 saturated heterocycles. The third-order valence-electron chi connectivity index (χ3n) is 5.64. The fourth-order valence-corrected chi connectivity index (χ4v) is 4.56. The highest BCUT2D eigenvalue weighted by Crippen LogP contribution is 2.72. The van der Waals surface area contributed by atoms with Crippen molar-refractivity contribution in [3.8, 4) is 0 Å². The molecular formula is C15H25N. The normalized spacial score (nSPS) is 49.6. The summed E-state index contributed by atoms with van der Waals surface area (Å²) >= 11 is 0. The van der Waals surface area contributed by atoms with Crippen LogP contribution in [0.3, 0.4) is 0 Å². The van der Waals surface area contributed by atoms with Crippen molar-refractivity contribution in [3.63, 3.8) is 0 Å². The minimum Gasteiger partial charge on any atom is -0.316 e. The molecule has 3 rings (SSSR count). The van der Waals surface area contributed by atoms with Gasteiger partial charge in [-0.1, -0.05) is 32.4 Å². The summed E-state index contributed by atoms with van der Waals surface area (Å²) in [7, 11) is 0. The number of fused-ring (bicyclic) bond motifs is 1. The first-order valence-corrected chi connectivity index (χ1v) is 6.98. The molecule has 0 aromatic rings. The highest BCUT2D eigenvalue weighted by atomic mass is 14.9. The number of rotatable bonds is 3. The minimum atomic E-state index is 0.527. The zero-order valence-corrected chi connectivity index (χ0v) is 11.0. The predicted molar refractivity (Wildman–Crippen MR) is 68.3 cm³/mol. The number of hydrogen-bond acceptors (Lipinski definition) is 1. The monoisotopic (exact) mass is 219 g/mol. The lowest BCUT2D eigenvalue weighted by Crippen LogP contribution is -2.32. The van der Waals surface area contributed by atoms with E-state index in [1.807, 2.05) is 0 Å². The van der Waals surface area contributed by atoms with E-state index in [0.717, 1.165) is 23.8 Å². The summed E-state index contributed by atoms with van der Waals surface area (Å²) in [5.74, 6) is 2.01. The van der Waals surface area contributed by atoms with Gasteiger partial charge in [-0.3, -0.25) is 0 Å². The third-order valence-corrected chi connectivity index (χ3v) is 5.64. The number of hydrogen-bond donors (Lipinski definition) is 1. The molecule has 0 aromatic heterocycles. The summed E-state index contributed by atoms with van der Waals surface area (Å²) in [4.78, 5) is 0. The average Bonchev–Trinajstić information content (AvgIpc) is 2.62. The Balaban J connectivity index is 1.79. The van der Waals surface area contributed by atoms with Crippen LogP contribution in [-0.2, 0) is 0 Å². The number of nitrogens with one attached hydrogen (secondary N) is 1. The summed E-state index contributed by atoms with van der Waals surface area (Å²) in [6.07, 6.45) is 8.20. The van der Waals surface area contributed by atoms with Crippen molar-refractivity contribution in [2.75, 3.05) is 13.1 Å². The van der Waals surface area contributed by atoms with Crippen molar-refractivity contribution in [1.82, 2.24) is 5.32 Å². The van der Waals surface area contributed by atoms with Crippen LogP contribution in [0.15, 0.2) is 11.6 Å². The average molecular weight is 219 g/mol. The molecule has 3 unspecified atom stereocenters. The summed E-state index contributed by atoms with van der Waals surface area (Å²) in [6.45, 7) is 9.52. The van der Waals surface area contributed by atoms with E-state index < -0.39 is 0 Å². The van der Waals surface area contributed by atoms with Gasteiger partial charge in [-0.05, 0) is 54.9 Å². The van der Waals surface area contributed by atoms with Gasteiger partial charge < -0.3 is 5.32 Å². The highest BCUT2D eigenvalue weighted by Gasteiger charge is 2.64. The fraction of sp³-hybridized carbons (Fsp3) is 0.867. The standard InChI is InChI=1S/C15H25N/c1-4-16-10-14(3)7-12-5-6-15(8-12)11(2)13(15)9-14/h5,11,13,16H,4,6-10H2,1-3H3/t11?,13?,14?,15-/m0/s1. The number of allylic oxidation sites excluding steroid dienone is 2. The summed E-state index contributed by atoms with van der Waals surface area (Å²) in [6, 6.07) is 0. The molecule has 4 atom stereocenters. The van der Waals surface area contributed by atoms with Gasteiger partial charge in [-0.2, -0.15) is 0 Å². The third kappa shape index (κ3) is 1.40. The molecule has 2 fully saturated rings. The van der Waals surface area contributed by atoms with Crippen molar-refractivity contribution in [2.45, 2.75) is 46.5 Å². The van der Waals surface area contributed by atoms with Gasteiger partial charge >= 0.3 is 0 Å². The van der Waals surface area contributed by atoms with Crippen molar-refractivity contribution in [3.05, 3.63) is 11.6 Å². The van der Waals surface area contributed by atoms with Crippen LogP contribution >= 0.6 is 0 Å². The van der Waals surface area contributed by atoms with E-state index in [2.05, 4.69) is 32.2 Å². The largest absolute Gasteiger partial charge is 0.316 e. The Morgan fingerprint density at radius 2 is 2.25 bits per heavy atom. The topological polar surface area (TPSA) is 12.0 Å². The molecule has 2 saturated carbocycles. The lowest BCUT2D eigenvalue weighted by atomic mass is 9.79. The van der Waals surface area contributed by atoms with Gasteiger partial charge in [0.2, 0.25) is 0 Å². The van der Waals surface area contributed by atoms with Crippen molar-refractivity contribution in [1.29, 1.82) is 0 Å². The van der Waals surface area contributed by atoms with E-state index in [4.69, 9.17) is 0 Å². The van der Waals surface area contributed by atoms with Gasteiger partial charge in [0.25, 0.3) is 0 Å². The molecule has 90 valence electrons. The Bertz CT molecular complexity index is 332. The van der Waals surface area contributed by atoms with Crippen LogP contribution in [0.5, 0.6) is 0 Å². The van der Waals surface area contributed by atoms with Gasteiger partial charge in [0.05, 0.1) is 0 Å². The summed E-state index contributed by atoms with van der Waals surface area (Å²) in [5.41, 5.74) is 3.03.